The maximum absolute atomic E-state index is 11.9. The molecule has 0 atom stereocenters. The summed E-state index contributed by atoms with van der Waals surface area (Å²) in [5, 5.41) is 13.8. The minimum absolute atomic E-state index is 0.636. The third-order valence-corrected chi connectivity index (χ3v) is 1.03. The van der Waals surface area contributed by atoms with Crippen molar-refractivity contribution in [1.82, 2.24) is 15.2 Å². The third kappa shape index (κ3) is 2.10. The Morgan fingerprint density at radius 2 is 2.08 bits per heavy atom. The number of aromatic nitrogens is 3. The van der Waals surface area contributed by atoms with Crippen molar-refractivity contribution >= 4 is 5.97 Å². The average Bonchev–Trinajstić information content (AvgIpc) is 2.03. The Morgan fingerprint density at radius 1 is 1.46 bits per heavy atom. The summed E-state index contributed by atoms with van der Waals surface area (Å²) in [6, 6.07) is 0. The summed E-state index contributed by atoms with van der Waals surface area (Å²) >= 11 is 0. The van der Waals surface area contributed by atoms with Crippen molar-refractivity contribution in [3.63, 3.8) is 0 Å². The highest BCUT2D eigenvalue weighted by Gasteiger charge is 2.35. The lowest BCUT2D eigenvalue weighted by Crippen LogP contribution is -2.15. The predicted molar refractivity (Wildman–Crippen MR) is 31.8 cm³/mol. The fourth-order valence-corrected chi connectivity index (χ4v) is 0.527. The van der Waals surface area contributed by atoms with Gasteiger partial charge in [0.15, 0.2) is 5.69 Å². The molecule has 0 aliphatic heterocycles. The smallest absolute Gasteiger partial charge is 0.453 e. The zero-order chi connectivity index (χ0) is 10.1. The van der Waals surface area contributed by atoms with Crippen molar-refractivity contribution in [2.45, 2.75) is 6.18 Å². The molecule has 8 heteroatoms. The second-order valence-corrected chi connectivity index (χ2v) is 1.97. The first-order valence-electron chi connectivity index (χ1n) is 2.91. The molecule has 0 saturated carbocycles. The Bertz CT molecular complexity index is 338. The molecule has 70 valence electrons. The molecular weight excluding hydrogens is 191 g/mol. The highest BCUT2D eigenvalue weighted by Crippen LogP contribution is 2.24. The maximum atomic E-state index is 11.9. The second-order valence-electron chi connectivity index (χ2n) is 1.97. The van der Waals surface area contributed by atoms with Gasteiger partial charge in [-0.05, 0) is 0 Å². The molecule has 0 amide bonds. The first-order chi connectivity index (χ1) is 5.91. The molecule has 1 aromatic rings. The molecule has 0 bridgehead atoms. The van der Waals surface area contributed by atoms with Crippen LogP contribution in [0.3, 0.4) is 0 Å². The van der Waals surface area contributed by atoms with Gasteiger partial charge in [0, 0.05) is 0 Å². The van der Waals surface area contributed by atoms with Gasteiger partial charge in [-0.1, -0.05) is 0 Å². The lowest BCUT2D eigenvalue weighted by molar-refractivity contribution is -0.145. The minimum atomic E-state index is -4.78. The Labute approximate surface area is 69.2 Å². The normalized spacial score (nSPS) is 11.3. The fourth-order valence-electron chi connectivity index (χ4n) is 0.527. The van der Waals surface area contributed by atoms with E-state index in [1.54, 1.807) is 0 Å². The largest absolute Gasteiger partial charge is 0.476 e. The summed E-state index contributed by atoms with van der Waals surface area (Å²) in [7, 11) is 0. The molecule has 0 spiro atoms. The number of carbonyl (C=O) groups is 1. The number of nitrogens with zero attached hydrogens (tertiary/aromatic N) is 3. The van der Waals surface area contributed by atoms with Crippen molar-refractivity contribution in [3.05, 3.63) is 17.7 Å². The van der Waals surface area contributed by atoms with Gasteiger partial charge in [0.1, 0.15) is 0 Å². The minimum Gasteiger partial charge on any atom is -0.476 e. The van der Waals surface area contributed by atoms with Crippen LogP contribution in [-0.2, 0) is 6.18 Å². The topological polar surface area (TPSA) is 76.0 Å². The lowest BCUT2D eigenvalue weighted by Gasteiger charge is -2.02. The number of alkyl halides is 3. The van der Waals surface area contributed by atoms with Crippen molar-refractivity contribution in [2.75, 3.05) is 0 Å². The molecule has 0 saturated heterocycles. The summed E-state index contributed by atoms with van der Waals surface area (Å²) in [5.41, 5.74) is -0.790. The van der Waals surface area contributed by atoms with Crippen molar-refractivity contribution in [3.8, 4) is 0 Å². The van der Waals surface area contributed by atoms with Crippen LogP contribution < -0.4 is 0 Å². The Morgan fingerprint density at radius 3 is 2.54 bits per heavy atom. The van der Waals surface area contributed by atoms with Crippen LogP contribution in [0.15, 0.2) is 6.20 Å². The van der Waals surface area contributed by atoms with Crippen molar-refractivity contribution in [2.24, 2.45) is 0 Å². The molecule has 0 aliphatic rings. The zero-order valence-corrected chi connectivity index (χ0v) is 5.91. The standard InChI is InChI=1S/C5H2F3N3O2/c6-5(7,8)4-10-2(3(12)13)1-9-11-4/h1H,(H,12,13). The van der Waals surface area contributed by atoms with E-state index in [0.717, 1.165) is 0 Å². The van der Waals surface area contributed by atoms with Gasteiger partial charge in [-0.25, -0.2) is 9.78 Å². The van der Waals surface area contributed by atoms with Crippen LogP contribution in [0.5, 0.6) is 0 Å². The molecule has 1 heterocycles. The van der Waals surface area contributed by atoms with E-state index >= 15 is 0 Å². The number of hydrogen-bond donors (Lipinski definition) is 1. The molecular formula is C5H2F3N3O2. The van der Waals surface area contributed by atoms with Gasteiger partial charge < -0.3 is 5.11 Å². The summed E-state index contributed by atoms with van der Waals surface area (Å²) < 4.78 is 35.6. The fraction of sp³-hybridized carbons (Fsp3) is 0.200. The molecule has 0 fully saturated rings. The number of aromatic carboxylic acids is 1. The van der Waals surface area contributed by atoms with E-state index in [4.69, 9.17) is 5.11 Å². The summed E-state index contributed by atoms with van der Waals surface area (Å²) in [6.07, 6.45) is -4.14. The average molecular weight is 193 g/mol. The lowest BCUT2D eigenvalue weighted by atomic mass is 10.4. The molecule has 1 aromatic heterocycles. The van der Waals surface area contributed by atoms with Gasteiger partial charge in [0.2, 0.25) is 0 Å². The van der Waals surface area contributed by atoms with E-state index in [-0.39, 0.29) is 0 Å². The highest BCUT2D eigenvalue weighted by molar-refractivity contribution is 5.84. The second kappa shape index (κ2) is 2.96. The van der Waals surface area contributed by atoms with E-state index in [9.17, 15) is 18.0 Å². The predicted octanol–water partition coefficient (Wildman–Crippen LogP) is 0.589. The molecule has 0 aromatic carbocycles. The Hall–Kier alpha value is -1.73. The molecule has 13 heavy (non-hydrogen) atoms. The van der Waals surface area contributed by atoms with Crippen LogP contribution in [0.25, 0.3) is 0 Å². The van der Waals surface area contributed by atoms with Gasteiger partial charge in [0.25, 0.3) is 5.82 Å². The summed E-state index contributed by atoms with van der Waals surface area (Å²) in [6.45, 7) is 0. The number of hydrogen-bond acceptors (Lipinski definition) is 4. The molecule has 0 aliphatic carbocycles. The van der Waals surface area contributed by atoms with E-state index in [2.05, 4.69) is 15.2 Å². The van der Waals surface area contributed by atoms with Gasteiger partial charge in [-0.2, -0.15) is 18.3 Å². The SMILES string of the molecule is O=C(O)c1cnnc(C(F)(F)F)n1. The van der Waals surface area contributed by atoms with Crippen molar-refractivity contribution < 1.29 is 23.1 Å². The Balaban J connectivity index is 3.13. The summed E-state index contributed by atoms with van der Waals surface area (Å²) in [4.78, 5) is 12.9. The molecule has 1 N–H and O–H groups in total. The summed E-state index contributed by atoms with van der Waals surface area (Å²) in [5.74, 6) is -3.15. The van der Waals surface area contributed by atoms with E-state index in [0.29, 0.717) is 6.20 Å². The van der Waals surface area contributed by atoms with Crippen LogP contribution >= 0.6 is 0 Å². The first kappa shape index (κ1) is 9.36. The monoisotopic (exact) mass is 193 g/mol. The maximum Gasteiger partial charge on any atom is 0.453 e. The molecule has 5 nitrogen and oxygen atoms in total. The highest BCUT2D eigenvalue weighted by atomic mass is 19.4. The van der Waals surface area contributed by atoms with Gasteiger partial charge in [-0.15, -0.1) is 5.10 Å². The van der Waals surface area contributed by atoms with Crippen LogP contribution in [0.1, 0.15) is 16.3 Å². The van der Waals surface area contributed by atoms with E-state index in [1.807, 2.05) is 0 Å². The van der Waals surface area contributed by atoms with Crippen LogP contribution in [0, 0.1) is 0 Å². The van der Waals surface area contributed by atoms with E-state index in [1.165, 1.54) is 0 Å². The third-order valence-electron chi connectivity index (χ3n) is 1.03. The Kier molecular flexibility index (Phi) is 2.13. The van der Waals surface area contributed by atoms with E-state index < -0.39 is 23.7 Å². The quantitative estimate of drug-likeness (QED) is 0.706. The molecule has 1 rings (SSSR count). The van der Waals surface area contributed by atoms with Gasteiger partial charge in [0.05, 0.1) is 6.20 Å². The van der Waals surface area contributed by atoms with Crippen LogP contribution in [-0.4, -0.2) is 26.3 Å². The van der Waals surface area contributed by atoms with Gasteiger partial charge in [-0.3, -0.25) is 0 Å². The zero-order valence-electron chi connectivity index (χ0n) is 5.91. The number of halogens is 3. The molecule has 0 radical (unpaired) electrons. The van der Waals surface area contributed by atoms with Gasteiger partial charge >= 0.3 is 12.1 Å². The van der Waals surface area contributed by atoms with Crippen LogP contribution in [0.4, 0.5) is 13.2 Å². The number of carboxylic acid groups (broad SMARTS) is 1. The number of rotatable bonds is 1. The number of carboxylic acids is 1. The van der Waals surface area contributed by atoms with Crippen LogP contribution in [0.2, 0.25) is 0 Å². The first-order valence-corrected chi connectivity index (χ1v) is 2.91. The van der Waals surface area contributed by atoms with Crippen molar-refractivity contribution in [1.29, 1.82) is 0 Å². The molecule has 0 unspecified atom stereocenters.